The standard InChI is InChI=1S/C25H21FN2O2S/c1-16-2-3-20-14-19(6-9-24(20)31(16,29)30)23-15-22(17-10-12-27-13-11-17)25(28-23)18-4-7-21(26)8-5-18/h4-16,28H,2-3H2,1H3. The van der Waals surface area contributed by atoms with Crippen LogP contribution in [0.1, 0.15) is 18.9 Å². The van der Waals surface area contributed by atoms with Crippen molar-refractivity contribution in [1.82, 2.24) is 9.97 Å². The van der Waals surface area contributed by atoms with Crippen molar-refractivity contribution in [3.8, 4) is 33.6 Å². The molecule has 0 aliphatic carbocycles. The van der Waals surface area contributed by atoms with Crippen LogP contribution in [-0.4, -0.2) is 23.6 Å². The smallest absolute Gasteiger partial charge is 0.181 e. The molecule has 0 saturated heterocycles. The third kappa shape index (κ3) is 3.47. The number of halogens is 1. The van der Waals surface area contributed by atoms with Crippen molar-refractivity contribution < 1.29 is 12.8 Å². The number of H-pyrrole nitrogens is 1. The van der Waals surface area contributed by atoms with Gasteiger partial charge in [0.25, 0.3) is 0 Å². The number of aromatic nitrogens is 2. The first kappa shape index (κ1) is 19.7. The average molecular weight is 433 g/mol. The van der Waals surface area contributed by atoms with E-state index < -0.39 is 9.84 Å². The molecule has 156 valence electrons. The summed E-state index contributed by atoms with van der Waals surface area (Å²) in [6.45, 7) is 1.77. The molecule has 31 heavy (non-hydrogen) atoms. The van der Waals surface area contributed by atoms with Crippen LogP contribution in [-0.2, 0) is 16.3 Å². The maximum atomic E-state index is 13.5. The van der Waals surface area contributed by atoms with Gasteiger partial charge in [-0.15, -0.1) is 0 Å². The quantitative estimate of drug-likeness (QED) is 0.454. The van der Waals surface area contributed by atoms with Crippen molar-refractivity contribution in [2.75, 3.05) is 0 Å². The van der Waals surface area contributed by atoms with Crippen LogP contribution >= 0.6 is 0 Å². The van der Waals surface area contributed by atoms with Gasteiger partial charge in [-0.1, -0.05) is 6.07 Å². The van der Waals surface area contributed by atoms with Gasteiger partial charge in [-0.25, -0.2) is 12.8 Å². The molecule has 0 fully saturated rings. The Hall–Kier alpha value is -3.25. The maximum absolute atomic E-state index is 13.5. The molecule has 0 spiro atoms. The number of benzene rings is 2. The van der Waals surface area contributed by atoms with E-state index in [-0.39, 0.29) is 11.1 Å². The number of aromatic amines is 1. The molecule has 2 aromatic heterocycles. The molecule has 0 saturated carbocycles. The van der Waals surface area contributed by atoms with E-state index >= 15 is 0 Å². The van der Waals surface area contributed by atoms with Crippen molar-refractivity contribution in [2.45, 2.75) is 29.9 Å². The molecule has 6 heteroatoms. The van der Waals surface area contributed by atoms with Crippen molar-refractivity contribution >= 4 is 9.84 Å². The second-order valence-electron chi connectivity index (χ2n) is 7.93. The maximum Gasteiger partial charge on any atom is 0.181 e. The van der Waals surface area contributed by atoms with Crippen LogP contribution in [0.25, 0.3) is 33.6 Å². The van der Waals surface area contributed by atoms with Crippen molar-refractivity contribution in [3.05, 3.63) is 84.4 Å². The SMILES string of the molecule is CC1CCc2cc(-c3cc(-c4ccncc4)c(-c4ccc(F)cc4)[nH]3)ccc2S1(=O)=O. The normalized spacial score (nSPS) is 17.3. The van der Waals surface area contributed by atoms with Crippen molar-refractivity contribution in [2.24, 2.45) is 0 Å². The Labute approximate surface area is 180 Å². The first-order valence-electron chi connectivity index (χ1n) is 10.2. The Balaban J connectivity index is 1.65. The Kier molecular flexibility index (Phi) is 4.74. The van der Waals surface area contributed by atoms with E-state index in [1.165, 1.54) is 12.1 Å². The highest BCUT2D eigenvalue weighted by Crippen LogP contribution is 2.38. The average Bonchev–Trinajstić information content (AvgIpc) is 3.23. The molecule has 3 heterocycles. The fourth-order valence-electron chi connectivity index (χ4n) is 4.16. The Morgan fingerprint density at radius 2 is 1.65 bits per heavy atom. The Morgan fingerprint density at radius 3 is 2.39 bits per heavy atom. The lowest BCUT2D eigenvalue weighted by atomic mass is 10.0. The van der Waals surface area contributed by atoms with Crippen LogP contribution in [0.4, 0.5) is 4.39 Å². The summed E-state index contributed by atoms with van der Waals surface area (Å²) in [5.41, 5.74) is 6.37. The van der Waals surface area contributed by atoms with Crippen LogP contribution in [0.15, 0.2) is 78.0 Å². The van der Waals surface area contributed by atoms with Gasteiger partial charge in [-0.2, -0.15) is 0 Å². The molecular formula is C25H21FN2O2S. The molecule has 2 aromatic carbocycles. The molecule has 4 nitrogen and oxygen atoms in total. The van der Waals surface area contributed by atoms with Crippen LogP contribution in [0.5, 0.6) is 0 Å². The number of sulfone groups is 1. The predicted octanol–water partition coefficient (Wildman–Crippen LogP) is 5.66. The molecule has 5 rings (SSSR count). The summed E-state index contributed by atoms with van der Waals surface area (Å²) < 4.78 is 38.8. The molecule has 1 N–H and O–H groups in total. The Morgan fingerprint density at radius 1 is 0.935 bits per heavy atom. The third-order valence-electron chi connectivity index (χ3n) is 5.97. The number of pyridine rings is 1. The molecular weight excluding hydrogens is 411 g/mol. The van der Waals surface area contributed by atoms with E-state index in [1.807, 2.05) is 24.3 Å². The minimum atomic E-state index is -3.27. The summed E-state index contributed by atoms with van der Waals surface area (Å²) in [6, 6.07) is 17.8. The van der Waals surface area contributed by atoms with Gasteiger partial charge in [-0.3, -0.25) is 4.98 Å². The van der Waals surface area contributed by atoms with Gasteiger partial charge >= 0.3 is 0 Å². The highest BCUT2D eigenvalue weighted by atomic mass is 32.2. The van der Waals surface area contributed by atoms with Gasteiger partial charge in [-0.05, 0) is 96.6 Å². The summed E-state index contributed by atoms with van der Waals surface area (Å²) in [7, 11) is -3.27. The van der Waals surface area contributed by atoms with Gasteiger partial charge in [0.05, 0.1) is 15.8 Å². The lowest BCUT2D eigenvalue weighted by Gasteiger charge is -2.22. The molecule has 0 amide bonds. The summed E-state index contributed by atoms with van der Waals surface area (Å²) in [6.07, 6.45) is 4.85. The number of fused-ring (bicyclic) bond motifs is 1. The zero-order chi connectivity index (χ0) is 21.6. The zero-order valence-electron chi connectivity index (χ0n) is 17.0. The van der Waals surface area contributed by atoms with Crippen molar-refractivity contribution in [3.63, 3.8) is 0 Å². The number of hydrogen-bond acceptors (Lipinski definition) is 3. The highest BCUT2D eigenvalue weighted by molar-refractivity contribution is 7.92. The lowest BCUT2D eigenvalue weighted by Crippen LogP contribution is -2.24. The second kappa shape index (κ2) is 7.46. The fraction of sp³-hybridized carbons (Fsp3) is 0.160. The van der Waals surface area contributed by atoms with E-state index in [0.29, 0.717) is 11.3 Å². The number of rotatable bonds is 3. The minimum Gasteiger partial charge on any atom is -0.354 e. The van der Waals surface area contributed by atoms with Gasteiger partial charge in [0.15, 0.2) is 9.84 Å². The van der Waals surface area contributed by atoms with Crippen LogP contribution in [0.2, 0.25) is 0 Å². The first-order valence-corrected chi connectivity index (χ1v) is 11.7. The van der Waals surface area contributed by atoms with Gasteiger partial charge in [0.1, 0.15) is 5.82 Å². The number of nitrogens with zero attached hydrogens (tertiary/aromatic N) is 1. The van der Waals surface area contributed by atoms with E-state index in [9.17, 15) is 12.8 Å². The largest absolute Gasteiger partial charge is 0.354 e. The van der Waals surface area contributed by atoms with Gasteiger partial charge in [0.2, 0.25) is 0 Å². The van der Waals surface area contributed by atoms with Crippen LogP contribution in [0.3, 0.4) is 0 Å². The monoisotopic (exact) mass is 432 g/mol. The summed E-state index contributed by atoms with van der Waals surface area (Å²) >= 11 is 0. The van der Waals surface area contributed by atoms with E-state index in [4.69, 9.17) is 0 Å². The summed E-state index contributed by atoms with van der Waals surface area (Å²) in [4.78, 5) is 8.02. The number of nitrogens with one attached hydrogen (secondary N) is 1. The molecule has 4 aromatic rings. The van der Waals surface area contributed by atoms with Gasteiger partial charge in [0, 0.05) is 23.7 Å². The van der Waals surface area contributed by atoms with E-state index in [1.54, 1.807) is 37.5 Å². The molecule has 1 atom stereocenters. The highest BCUT2D eigenvalue weighted by Gasteiger charge is 2.30. The number of hydrogen-bond donors (Lipinski definition) is 1. The summed E-state index contributed by atoms with van der Waals surface area (Å²) in [5, 5.41) is -0.347. The number of aryl methyl sites for hydroxylation is 1. The van der Waals surface area contributed by atoms with E-state index in [0.717, 1.165) is 45.6 Å². The predicted molar refractivity (Wildman–Crippen MR) is 120 cm³/mol. The van der Waals surface area contributed by atoms with Crippen LogP contribution in [0, 0.1) is 5.82 Å². The molecule has 0 radical (unpaired) electrons. The lowest BCUT2D eigenvalue weighted by molar-refractivity contribution is 0.567. The fourth-order valence-corrected chi connectivity index (χ4v) is 5.81. The molecule has 1 aliphatic rings. The Bertz CT molecular complexity index is 1360. The van der Waals surface area contributed by atoms with E-state index in [2.05, 4.69) is 16.0 Å². The van der Waals surface area contributed by atoms with Gasteiger partial charge < -0.3 is 4.98 Å². The minimum absolute atomic E-state index is 0.286. The zero-order valence-corrected chi connectivity index (χ0v) is 17.8. The van der Waals surface area contributed by atoms with Crippen LogP contribution < -0.4 is 0 Å². The topological polar surface area (TPSA) is 62.8 Å². The van der Waals surface area contributed by atoms with Crippen molar-refractivity contribution in [1.29, 1.82) is 0 Å². The molecule has 0 bridgehead atoms. The second-order valence-corrected chi connectivity index (χ2v) is 10.3. The molecule has 1 aliphatic heterocycles. The molecule has 1 unspecified atom stereocenters. The first-order chi connectivity index (χ1) is 14.9. The third-order valence-corrected chi connectivity index (χ3v) is 8.28. The summed E-state index contributed by atoms with van der Waals surface area (Å²) in [5.74, 6) is -0.286.